The van der Waals surface area contributed by atoms with Crippen molar-refractivity contribution in [3.05, 3.63) is 52.9 Å². The lowest BCUT2D eigenvalue weighted by Gasteiger charge is -2.13. The van der Waals surface area contributed by atoms with Gasteiger partial charge in [0, 0.05) is 17.7 Å². The second-order valence-corrected chi connectivity index (χ2v) is 8.68. The summed E-state index contributed by atoms with van der Waals surface area (Å²) in [6.45, 7) is 8.49. The Balaban J connectivity index is 2.42. The molecule has 0 aromatic carbocycles. The maximum absolute atomic E-state index is 11.5. The van der Waals surface area contributed by atoms with Gasteiger partial charge in [0.15, 0.2) is 5.69 Å². The Bertz CT molecular complexity index is 830. The molecule has 1 aromatic rings. The molecule has 0 saturated heterocycles. The molecule has 1 atom stereocenters. The second kappa shape index (κ2) is 14.4. The third kappa shape index (κ3) is 12.0. The number of allylic oxidation sites excluding steroid dienone is 5. The molecule has 31 heavy (non-hydrogen) atoms. The maximum Gasteiger partial charge on any atom is 0.354 e. The molecule has 0 fully saturated rings. The highest BCUT2D eigenvalue weighted by Crippen LogP contribution is 2.14. The molecular formula is C23H33N3O4S. The van der Waals surface area contributed by atoms with Crippen molar-refractivity contribution < 1.29 is 19.8 Å². The molecule has 8 heteroatoms. The number of aliphatic carboxylic acids is 1. The molecule has 1 rings (SSSR count). The van der Waals surface area contributed by atoms with Gasteiger partial charge < -0.3 is 15.5 Å². The predicted molar refractivity (Wildman–Crippen MR) is 127 cm³/mol. The lowest BCUT2D eigenvalue weighted by Crippen LogP contribution is -2.32. The highest BCUT2D eigenvalue weighted by molar-refractivity contribution is 7.99. The smallest absolute Gasteiger partial charge is 0.354 e. The molecule has 0 radical (unpaired) electrons. The Labute approximate surface area is 188 Å². The van der Waals surface area contributed by atoms with Crippen molar-refractivity contribution in [1.29, 1.82) is 0 Å². The zero-order chi connectivity index (χ0) is 23.2. The number of nitrogens with one attached hydrogen (secondary N) is 1. The van der Waals surface area contributed by atoms with Crippen LogP contribution >= 0.6 is 11.8 Å². The summed E-state index contributed by atoms with van der Waals surface area (Å²) in [5.41, 5.74) is 3.85. The zero-order valence-electron chi connectivity index (χ0n) is 18.7. The van der Waals surface area contributed by atoms with E-state index in [1.54, 1.807) is 0 Å². The van der Waals surface area contributed by atoms with E-state index in [9.17, 15) is 14.7 Å². The van der Waals surface area contributed by atoms with E-state index in [0.717, 1.165) is 25.7 Å². The van der Waals surface area contributed by atoms with Gasteiger partial charge >= 0.3 is 11.9 Å². The van der Waals surface area contributed by atoms with E-state index in [1.807, 2.05) is 0 Å². The lowest BCUT2D eigenvalue weighted by atomic mass is 10.1. The summed E-state index contributed by atoms with van der Waals surface area (Å²) in [5, 5.41) is 21.1. The third-order valence-electron chi connectivity index (χ3n) is 4.43. The molecule has 170 valence electrons. The monoisotopic (exact) mass is 447 g/mol. The fourth-order valence-corrected chi connectivity index (χ4v) is 3.60. The molecule has 0 bridgehead atoms. The normalized spacial score (nSPS) is 12.9. The minimum Gasteiger partial charge on any atom is -0.480 e. The summed E-state index contributed by atoms with van der Waals surface area (Å²) in [6.07, 6.45) is 12.1. The first kappa shape index (κ1) is 26.4. The van der Waals surface area contributed by atoms with Crippen LogP contribution in [0, 0.1) is 0 Å². The number of hydrogen-bond acceptors (Lipinski definition) is 6. The van der Waals surface area contributed by atoms with E-state index in [0.29, 0.717) is 11.5 Å². The Morgan fingerprint density at radius 2 is 1.71 bits per heavy atom. The van der Waals surface area contributed by atoms with E-state index in [2.05, 4.69) is 61.2 Å². The SMILES string of the molecule is CC(C)=CCC/C(C)=C/CC/C(C)=C/CSCC(Nc1nccc(C(=O)O)n1)C(=O)O. The van der Waals surface area contributed by atoms with Crippen LogP contribution in [0.4, 0.5) is 5.95 Å². The number of carboxylic acids is 2. The average molecular weight is 448 g/mol. The summed E-state index contributed by atoms with van der Waals surface area (Å²) in [6, 6.07) is 0.347. The first-order valence-electron chi connectivity index (χ1n) is 10.3. The number of thioether (sulfide) groups is 1. The Morgan fingerprint density at radius 3 is 2.32 bits per heavy atom. The predicted octanol–water partition coefficient (Wildman–Crippen LogP) is 5.19. The van der Waals surface area contributed by atoms with Gasteiger partial charge in [-0.2, -0.15) is 11.8 Å². The number of carbonyl (C=O) groups is 2. The summed E-state index contributed by atoms with van der Waals surface area (Å²) in [7, 11) is 0. The molecule has 1 unspecified atom stereocenters. The number of anilines is 1. The molecule has 1 aromatic heterocycles. The zero-order valence-corrected chi connectivity index (χ0v) is 19.5. The molecule has 1 heterocycles. The lowest BCUT2D eigenvalue weighted by molar-refractivity contribution is -0.137. The van der Waals surface area contributed by atoms with Gasteiger partial charge in [0.05, 0.1) is 0 Å². The molecule has 0 aliphatic carbocycles. The summed E-state index contributed by atoms with van der Waals surface area (Å²) < 4.78 is 0. The van der Waals surface area contributed by atoms with Crippen LogP contribution in [0.15, 0.2) is 47.2 Å². The van der Waals surface area contributed by atoms with Gasteiger partial charge in [-0.05, 0) is 59.4 Å². The van der Waals surface area contributed by atoms with Crippen LogP contribution in [0.3, 0.4) is 0 Å². The van der Waals surface area contributed by atoms with Gasteiger partial charge in [-0.25, -0.2) is 19.6 Å². The van der Waals surface area contributed by atoms with Crippen LogP contribution in [0.1, 0.15) is 63.9 Å². The topological polar surface area (TPSA) is 112 Å². The number of rotatable bonds is 14. The number of hydrogen-bond donors (Lipinski definition) is 3. The largest absolute Gasteiger partial charge is 0.480 e. The number of nitrogens with zero attached hydrogens (tertiary/aromatic N) is 2. The van der Waals surface area contributed by atoms with Crippen LogP contribution in [0.2, 0.25) is 0 Å². The molecule has 0 spiro atoms. The van der Waals surface area contributed by atoms with Gasteiger partial charge in [-0.3, -0.25) is 0 Å². The molecule has 0 saturated carbocycles. The fourth-order valence-electron chi connectivity index (χ4n) is 2.60. The minimum absolute atomic E-state index is 0.00799. The van der Waals surface area contributed by atoms with E-state index < -0.39 is 18.0 Å². The van der Waals surface area contributed by atoms with Gasteiger partial charge in [0.25, 0.3) is 0 Å². The molecular weight excluding hydrogens is 414 g/mol. The first-order valence-corrected chi connectivity index (χ1v) is 11.4. The molecule has 7 nitrogen and oxygen atoms in total. The van der Waals surface area contributed by atoms with Gasteiger partial charge in [0.1, 0.15) is 6.04 Å². The number of aromatic nitrogens is 2. The van der Waals surface area contributed by atoms with Crippen molar-refractivity contribution in [2.75, 3.05) is 16.8 Å². The quantitative estimate of drug-likeness (QED) is 0.264. The van der Waals surface area contributed by atoms with Crippen LogP contribution in [-0.4, -0.2) is 49.7 Å². The minimum atomic E-state index is -1.19. The van der Waals surface area contributed by atoms with Crippen molar-refractivity contribution in [2.24, 2.45) is 0 Å². The Kier molecular flexibility index (Phi) is 12.3. The van der Waals surface area contributed by atoms with Gasteiger partial charge in [0.2, 0.25) is 5.95 Å². The van der Waals surface area contributed by atoms with E-state index in [1.165, 1.54) is 40.7 Å². The average Bonchev–Trinajstić information content (AvgIpc) is 2.70. The van der Waals surface area contributed by atoms with Crippen molar-refractivity contribution in [3.63, 3.8) is 0 Å². The molecule has 0 aliphatic rings. The third-order valence-corrected chi connectivity index (χ3v) is 5.40. The van der Waals surface area contributed by atoms with Crippen LogP contribution in [0.25, 0.3) is 0 Å². The second-order valence-electron chi connectivity index (χ2n) is 7.60. The Hall–Kier alpha value is -2.61. The van der Waals surface area contributed by atoms with Gasteiger partial charge in [-0.15, -0.1) is 0 Å². The summed E-state index contributed by atoms with van der Waals surface area (Å²) in [4.78, 5) is 30.2. The van der Waals surface area contributed by atoms with Crippen molar-refractivity contribution in [2.45, 2.75) is 59.4 Å². The molecule has 3 N–H and O–H groups in total. The van der Waals surface area contributed by atoms with Crippen LogP contribution < -0.4 is 5.32 Å². The Morgan fingerprint density at radius 1 is 1.06 bits per heavy atom. The standard InChI is InChI=1S/C23H33N3O4S/c1-16(2)7-5-8-17(3)9-6-10-18(4)12-14-31-15-20(22(29)30)26-23-24-13-11-19(25-23)21(27)28/h7,9,11-13,20H,5-6,8,10,14-15H2,1-4H3,(H,27,28)(H,29,30)(H,24,25,26)/b17-9+,18-12+. The van der Waals surface area contributed by atoms with Crippen molar-refractivity contribution >= 4 is 29.6 Å². The van der Waals surface area contributed by atoms with Crippen LogP contribution in [0.5, 0.6) is 0 Å². The first-order chi connectivity index (χ1) is 14.7. The fraction of sp³-hybridized carbons (Fsp3) is 0.478. The van der Waals surface area contributed by atoms with E-state index in [4.69, 9.17) is 5.11 Å². The number of carboxylic acid groups (broad SMARTS) is 2. The number of aromatic carboxylic acids is 1. The highest BCUT2D eigenvalue weighted by Gasteiger charge is 2.18. The van der Waals surface area contributed by atoms with Crippen molar-refractivity contribution in [1.82, 2.24) is 9.97 Å². The summed E-state index contributed by atoms with van der Waals surface area (Å²) in [5.74, 6) is -1.22. The highest BCUT2D eigenvalue weighted by atomic mass is 32.2. The van der Waals surface area contributed by atoms with E-state index >= 15 is 0 Å². The van der Waals surface area contributed by atoms with Gasteiger partial charge in [-0.1, -0.05) is 34.9 Å². The summed E-state index contributed by atoms with van der Waals surface area (Å²) >= 11 is 1.49. The maximum atomic E-state index is 11.5. The van der Waals surface area contributed by atoms with Crippen molar-refractivity contribution in [3.8, 4) is 0 Å². The molecule has 0 amide bonds. The molecule has 0 aliphatic heterocycles. The van der Waals surface area contributed by atoms with E-state index in [-0.39, 0.29) is 11.6 Å². The van der Waals surface area contributed by atoms with Crippen LogP contribution in [-0.2, 0) is 4.79 Å².